The van der Waals surface area contributed by atoms with Gasteiger partial charge in [-0.15, -0.1) is 5.10 Å². The summed E-state index contributed by atoms with van der Waals surface area (Å²) < 4.78 is 31.7. The van der Waals surface area contributed by atoms with Crippen LogP contribution in [0.2, 0.25) is 0 Å². The molecule has 2 aliphatic carbocycles. The van der Waals surface area contributed by atoms with E-state index in [0.717, 1.165) is 77.9 Å². The van der Waals surface area contributed by atoms with Crippen molar-refractivity contribution in [2.24, 2.45) is 29.7 Å². The highest BCUT2D eigenvalue weighted by atomic mass is 16.6. The Bertz CT molecular complexity index is 4290. The van der Waals surface area contributed by atoms with Crippen LogP contribution in [-0.2, 0) is 66.5 Å². The molecule has 6 heterocycles. The number of aromatic nitrogens is 3. The Morgan fingerprint density at radius 3 is 2.02 bits per heavy atom. The number of nitrogens with zero attached hydrogens (tertiary/aromatic N) is 7. The number of fused-ring (bicyclic) bond motifs is 9. The van der Waals surface area contributed by atoms with Gasteiger partial charge in [0.05, 0.1) is 75.2 Å². The zero-order chi connectivity index (χ0) is 72.4. The molecule has 1 aromatic heterocycles. The number of ether oxygens (including phenoxy) is 5. The number of aliphatic hydroxyl groups is 1. The van der Waals surface area contributed by atoms with Crippen LogP contribution in [0.5, 0.6) is 23.0 Å². The summed E-state index contributed by atoms with van der Waals surface area (Å²) in [6.45, 7) is 6.79. The number of hydrogen-bond donors (Lipinski definition) is 3. The lowest BCUT2D eigenvalue weighted by Crippen LogP contribution is -2.50. The Kier molecular flexibility index (Phi) is 20.9. The van der Waals surface area contributed by atoms with Crippen LogP contribution in [0, 0.1) is 22.7 Å². The summed E-state index contributed by atoms with van der Waals surface area (Å²) in [5, 5.41) is 26.3. The van der Waals surface area contributed by atoms with Crippen molar-refractivity contribution < 1.29 is 71.9 Å². The van der Waals surface area contributed by atoms with Crippen molar-refractivity contribution in [1.29, 1.82) is 0 Å². The van der Waals surface area contributed by atoms with E-state index in [2.05, 4.69) is 25.8 Å². The van der Waals surface area contributed by atoms with E-state index in [9.17, 15) is 48.3 Å². The zero-order valence-electron chi connectivity index (χ0n) is 59.5. The predicted octanol–water partition coefficient (Wildman–Crippen LogP) is 9.85. The summed E-state index contributed by atoms with van der Waals surface area (Å²) >= 11 is 0. The van der Waals surface area contributed by atoms with E-state index in [1.165, 1.54) is 20.0 Å². The molecule has 24 nitrogen and oxygen atoms in total. The molecule has 6 amide bonds. The maximum Gasteiger partial charge on any atom is 0.416 e. The van der Waals surface area contributed by atoms with Crippen molar-refractivity contribution >= 4 is 64.4 Å². The van der Waals surface area contributed by atoms with Gasteiger partial charge in [-0.2, -0.15) is 0 Å². The van der Waals surface area contributed by atoms with E-state index < -0.39 is 47.9 Å². The summed E-state index contributed by atoms with van der Waals surface area (Å²) in [6, 6.07) is 27.6. The van der Waals surface area contributed by atoms with E-state index in [0.29, 0.717) is 77.4 Å². The second-order valence-electron chi connectivity index (χ2n) is 29.5. The Balaban J connectivity index is 0.556. The Morgan fingerprint density at radius 1 is 0.670 bits per heavy atom. The Hall–Kier alpha value is -9.97. The highest BCUT2D eigenvalue weighted by Crippen LogP contribution is 2.58. The molecule has 0 radical (unpaired) electrons. The van der Waals surface area contributed by atoms with Crippen molar-refractivity contribution in [1.82, 2.24) is 35.4 Å². The lowest BCUT2D eigenvalue weighted by Gasteiger charge is -2.31. The SMILES string of the molecule is COc1cc2c(cc1OCCCCCOc1cc3c(cc1OC)C(=O)N1CC4(CC4)C[C@H]1[C@@H](O)N3C(=O)OCc1ccc(CC(=O)[C@H](C)NC(=O)[C@@H](CC(=O)CNC(=O)CCC(=O)CCC(=O)N3Cc4ccccc4-c4nnn(C)c4-c4ccccc43)C(C)C)cc1)CC[C@@H]1CC3(CC3)CN1C2=O. The molecule has 0 bridgehead atoms. The van der Waals surface area contributed by atoms with Gasteiger partial charge in [0.15, 0.2) is 40.8 Å². The molecule has 2 saturated carbocycles. The number of ketones is 3. The fourth-order valence-electron chi connectivity index (χ4n) is 15.5. The lowest BCUT2D eigenvalue weighted by molar-refractivity contribution is -0.133. The first kappa shape index (κ1) is 71.4. The topological polar surface area (TPSA) is 288 Å². The van der Waals surface area contributed by atoms with Crippen LogP contribution in [0.15, 0.2) is 97.1 Å². The van der Waals surface area contributed by atoms with Crippen LogP contribution in [0.1, 0.15) is 160 Å². The van der Waals surface area contributed by atoms with E-state index in [1.54, 1.807) is 85.8 Å². The summed E-state index contributed by atoms with van der Waals surface area (Å²) in [5.41, 5.74) is 8.03. The fraction of sp³-hybridized carbons (Fsp3) is 0.481. The summed E-state index contributed by atoms with van der Waals surface area (Å²) in [7, 11) is 4.87. The van der Waals surface area contributed by atoms with Crippen molar-refractivity contribution in [3.8, 4) is 45.5 Å². The third kappa shape index (κ3) is 15.4. The number of methoxy groups -OCH3 is 2. The molecule has 13 rings (SSSR count). The lowest BCUT2D eigenvalue weighted by atomic mass is 9.89. The van der Waals surface area contributed by atoms with Crippen molar-refractivity contribution in [3.63, 3.8) is 0 Å². The number of carbonyl (C=O) groups excluding carboxylic acids is 9. The molecule has 5 aliphatic heterocycles. The van der Waals surface area contributed by atoms with Crippen LogP contribution in [0.3, 0.4) is 0 Å². The second-order valence-corrected chi connectivity index (χ2v) is 29.5. The van der Waals surface area contributed by atoms with Crippen LogP contribution in [0.4, 0.5) is 16.2 Å². The number of para-hydroxylation sites is 1. The fourth-order valence-corrected chi connectivity index (χ4v) is 15.5. The minimum Gasteiger partial charge on any atom is -0.493 e. The quantitative estimate of drug-likeness (QED) is 0.0385. The number of benzene rings is 5. The standard InChI is InChI=1S/C79H91N9O15/c1-47(2)58(36-55(90)42-80-69(92)26-24-54(89)25-27-70(93)85-43-52-14-8-9-15-56(52)71-72(84(4)83-82-71)57-16-10-11-17-61(57)85)73(94)81-48(3)64(91)34-49-18-20-50(21-19-49)44-103-77(98)88-62-39-68(66(100-6)38-60(62)75(96)87-46-79(30-31-79)41-63(87)76(88)97)102-33-13-7-12-32-101-67-35-51-22-23-53-40-78(28-29-78)45-86(53)74(95)59(51)37-65(67)99-5/h8-11,14-21,35,37-39,47-48,53,58,63,76,97H,7,12-13,22-34,36,40-46H2,1-6H3,(H,80,92)(H,81,94)/t48-,53+,58-,63-,76+/m0/s1. The number of carbonyl (C=O) groups is 9. The predicted molar refractivity (Wildman–Crippen MR) is 380 cm³/mol. The molecule has 542 valence electrons. The minimum absolute atomic E-state index is 0.0481. The monoisotopic (exact) mass is 1410 g/mol. The van der Waals surface area contributed by atoms with Gasteiger partial charge in [-0.05, 0) is 141 Å². The largest absolute Gasteiger partial charge is 0.493 e. The summed E-state index contributed by atoms with van der Waals surface area (Å²) in [4.78, 5) is 130. The molecule has 2 saturated heterocycles. The van der Waals surface area contributed by atoms with Gasteiger partial charge in [0.1, 0.15) is 18.1 Å². The van der Waals surface area contributed by atoms with Gasteiger partial charge in [-0.25, -0.2) is 14.4 Å². The first-order chi connectivity index (χ1) is 49.6. The van der Waals surface area contributed by atoms with Crippen molar-refractivity contribution in [2.45, 2.75) is 167 Å². The molecule has 6 aromatic rings. The van der Waals surface area contributed by atoms with Gasteiger partial charge in [0.25, 0.3) is 11.8 Å². The van der Waals surface area contributed by atoms with Gasteiger partial charge < -0.3 is 54.1 Å². The molecule has 5 atom stereocenters. The normalized spacial score (nSPS) is 19.0. The Labute approximate surface area is 599 Å². The number of aryl methyl sites for hydroxylation is 2. The van der Waals surface area contributed by atoms with Crippen LogP contribution < -0.4 is 39.4 Å². The minimum atomic E-state index is -1.45. The van der Waals surface area contributed by atoms with Gasteiger partial charge in [-0.3, -0.25) is 38.4 Å². The van der Waals surface area contributed by atoms with Gasteiger partial charge in [-0.1, -0.05) is 85.8 Å². The number of hydrogen-bond acceptors (Lipinski definition) is 17. The molecule has 4 fully saturated rings. The molecule has 3 N–H and O–H groups in total. The maximum absolute atomic E-state index is 14.5. The van der Waals surface area contributed by atoms with E-state index >= 15 is 0 Å². The second kappa shape index (κ2) is 30.2. The first-order valence-corrected chi connectivity index (χ1v) is 36.2. The van der Waals surface area contributed by atoms with Gasteiger partial charge in [0.2, 0.25) is 17.7 Å². The van der Waals surface area contributed by atoms with Crippen LogP contribution in [0.25, 0.3) is 22.5 Å². The van der Waals surface area contributed by atoms with Gasteiger partial charge in [0, 0.05) is 93.4 Å². The molecule has 5 aromatic carbocycles. The first-order valence-electron chi connectivity index (χ1n) is 36.2. The summed E-state index contributed by atoms with van der Waals surface area (Å²) in [5.74, 6) is -1.93. The molecular weight excluding hydrogens is 1310 g/mol. The number of nitrogens with one attached hydrogen (secondary N) is 2. The number of Topliss-reactive ketones (excluding diaryl/α,β-unsaturated/α-hetero) is 3. The van der Waals surface area contributed by atoms with E-state index in [4.69, 9.17) is 23.7 Å². The third-order valence-electron chi connectivity index (χ3n) is 22.0. The molecule has 7 aliphatic rings. The maximum atomic E-state index is 14.5. The molecule has 2 spiro atoms. The zero-order valence-corrected chi connectivity index (χ0v) is 59.5. The number of unbranched alkanes of at least 4 members (excludes halogenated alkanes) is 2. The molecule has 103 heavy (non-hydrogen) atoms. The highest BCUT2D eigenvalue weighted by molar-refractivity contribution is 6.06. The smallest absolute Gasteiger partial charge is 0.416 e. The molecular formula is C79H91N9O15. The number of aliphatic hydroxyl groups excluding tert-OH is 1. The van der Waals surface area contributed by atoms with E-state index in [-0.39, 0.29) is 134 Å². The van der Waals surface area contributed by atoms with Crippen molar-refractivity contribution in [2.75, 3.05) is 56.9 Å². The number of anilines is 2. The number of rotatable bonds is 28. The number of amides is 6. The highest BCUT2D eigenvalue weighted by Gasteiger charge is 2.58. The van der Waals surface area contributed by atoms with Crippen LogP contribution >= 0.6 is 0 Å². The van der Waals surface area contributed by atoms with Crippen molar-refractivity contribution in [3.05, 3.63) is 130 Å². The van der Waals surface area contributed by atoms with Crippen LogP contribution in [-0.4, -0.2) is 154 Å². The third-order valence-corrected chi connectivity index (χ3v) is 22.0. The van der Waals surface area contributed by atoms with E-state index in [1.807, 2.05) is 60.7 Å². The van der Waals surface area contributed by atoms with Gasteiger partial charge >= 0.3 is 6.09 Å². The summed E-state index contributed by atoms with van der Waals surface area (Å²) in [6.07, 6.45) is 6.58. The Morgan fingerprint density at radius 2 is 1.31 bits per heavy atom. The average Bonchev–Trinajstić information content (AvgIpc) is 1.58. The average molecular weight is 1410 g/mol. The molecule has 24 heteroatoms. The molecule has 0 unspecified atom stereocenters.